The van der Waals surface area contributed by atoms with E-state index in [2.05, 4.69) is 0 Å². The normalized spacial score (nSPS) is 12.1. The molecule has 0 spiro atoms. The fraction of sp³-hybridized carbons (Fsp3) is 0.133. The molecule has 0 amide bonds. The average molecular weight is 263 g/mol. The van der Waals surface area contributed by atoms with E-state index in [9.17, 15) is 9.18 Å². The fourth-order valence-corrected chi connectivity index (χ4v) is 2.12. The van der Waals surface area contributed by atoms with E-state index in [0.717, 1.165) is 11.1 Å². The Morgan fingerprint density at radius 1 is 1.00 bits per heavy atom. The van der Waals surface area contributed by atoms with E-state index in [4.69, 9.17) is 11.6 Å². The Labute approximate surface area is 110 Å². The molecule has 3 heteroatoms. The third-order valence-corrected chi connectivity index (χ3v) is 2.99. The highest BCUT2D eigenvalue weighted by Gasteiger charge is 2.16. The standard InChI is InChI=1S/C15H12ClFO/c16-15(18)10-14(11-4-2-1-3-5-11)12-6-8-13(17)9-7-12/h1-9,14H,10H2. The molecule has 0 aromatic heterocycles. The molecule has 2 aromatic carbocycles. The zero-order valence-corrected chi connectivity index (χ0v) is 10.4. The summed E-state index contributed by atoms with van der Waals surface area (Å²) in [6.45, 7) is 0. The maximum Gasteiger partial charge on any atom is 0.222 e. The smallest absolute Gasteiger partial charge is 0.222 e. The summed E-state index contributed by atoms with van der Waals surface area (Å²) in [7, 11) is 0. The van der Waals surface area contributed by atoms with Crippen molar-refractivity contribution >= 4 is 16.8 Å². The molecule has 1 unspecified atom stereocenters. The van der Waals surface area contributed by atoms with E-state index in [0.29, 0.717) is 0 Å². The molecule has 0 saturated heterocycles. The second kappa shape index (κ2) is 5.78. The Bertz CT molecular complexity index is 522. The summed E-state index contributed by atoms with van der Waals surface area (Å²) in [5.74, 6) is -0.417. The monoisotopic (exact) mass is 262 g/mol. The summed E-state index contributed by atoms with van der Waals surface area (Å²) in [6, 6.07) is 15.8. The predicted molar refractivity (Wildman–Crippen MR) is 70.2 cm³/mol. The van der Waals surface area contributed by atoms with Crippen LogP contribution in [0.5, 0.6) is 0 Å². The quantitative estimate of drug-likeness (QED) is 0.758. The topological polar surface area (TPSA) is 17.1 Å². The highest BCUT2D eigenvalue weighted by Crippen LogP contribution is 2.28. The molecule has 0 aliphatic rings. The molecule has 0 aliphatic carbocycles. The molecule has 0 saturated carbocycles. The van der Waals surface area contributed by atoms with Crippen LogP contribution in [0.4, 0.5) is 4.39 Å². The molecular formula is C15H12ClFO. The molecule has 2 aromatic rings. The zero-order chi connectivity index (χ0) is 13.0. The van der Waals surface area contributed by atoms with Gasteiger partial charge in [0.25, 0.3) is 0 Å². The van der Waals surface area contributed by atoms with Crippen molar-refractivity contribution in [2.45, 2.75) is 12.3 Å². The number of hydrogen-bond acceptors (Lipinski definition) is 1. The van der Waals surface area contributed by atoms with Crippen LogP contribution in [0.15, 0.2) is 54.6 Å². The Hall–Kier alpha value is -1.67. The summed E-state index contributed by atoms with van der Waals surface area (Å²) in [4.78, 5) is 11.2. The molecule has 0 N–H and O–H groups in total. The predicted octanol–water partition coefficient (Wildman–Crippen LogP) is 4.11. The zero-order valence-electron chi connectivity index (χ0n) is 9.64. The van der Waals surface area contributed by atoms with Gasteiger partial charge in [0.05, 0.1) is 0 Å². The number of benzene rings is 2. The molecule has 0 fully saturated rings. The summed E-state index contributed by atoms with van der Waals surface area (Å²) in [5.41, 5.74) is 1.88. The van der Waals surface area contributed by atoms with Crippen LogP contribution in [0.25, 0.3) is 0 Å². The second-order valence-electron chi connectivity index (χ2n) is 4.07. The van der Waals surface area contributed by atoms with E-state index < -0.39 is 5.24 Å². The molecular weight excluding hydrogens is 251 g/mol. The Morgan fingerprint density at radius 2 is 1.56 bits per heavy atom. The lowest BCUT2D eigenvalue weighted by Crippen LogP contribution is -2.05. The first-order chi connectivity index (χ1) is 8.66. The first-order valence-electron chi connectivity index (χ1n) is 5.65. The van der Waals surface area contributed by atoms with Crippen LogP contribution in [0, 0.1) is 5.82 Å². The van der Waals surface area contributed by atoms with Gasteiger partial charge in [0.2, 0.25) is 5.24 Å². The summed E-state index contributed by atoms with van der Waals surface area (Å²) in [6.07, 6.45) is 0.206. The Kier molecular flexibility index (Phi) is 4.11. The van der Waals surface area contributed by atoms with Crippen LogP contribution in [-0.2, 0) is 4.79 Å². The van der Waals surface area contributed by atoms with E-state index in [1.165, 1.54) is 12.1 Å². The molecule has 1 atom stereocenters. The van der Waals surface area contributed by atoms with Crippen LogP contribution in [0.2, 0.25) is 0 Å². The summed E-state index contributed by atoms with van der Waals surface area (Å²) >= 11 is 5.49. The number of carbonyl (C=O) groups excluding carboxylic acids is 1. The van der Waals surface area contributed by atoms with Gasteiger partial charge in [0.15, 0.2) is 0 Å². The van der Waals surface area contributed by atoms with Gasteiger partial charge in [-0.05, 0) is 34.9 Å². The molecule has 18 heavy (non-hydrogen) atoms. The minimum absolute atomic E-state index is 0.128. The molecule has 0 radical (unpaired) electrons. The van der Waals surface area contributed by atoms with Crippen LogP contribution in [-0.4, -0.2) is 5.24 Å². The average Bonchev–Trinajstić information content (AvgIpc) is 2.38. The van der Waals surface area contributed by atoms with Crippen molar-refractivity contribution in [3.05, 3.63) is 71.5 Å². The highest BCUT2D eigenvalue weighted by molar-refractivity contribution is 6.63. The summed E-state index contributed by atoms with van der Waals surface area (Å²) in [5, 5.41) is -0.395. The van der Waals surface area contributed by atoms with Crippen molar-refractivity contribution in [1.82, 2.24) is 0 Å². The maximum absolute atomic E-state index is 12.9. The molecule has 0 bridgehead atoms. The highest BCUT2D eigenvalue weighted by atomic mass is 35.5. The number of carbonyl (C=O) groups is 1. The van der Waals surface area contributed by atoms with Crippen molar-refractivity contribution < 1.29 is 9.18 Å². The second-order valence-corrected chi connectivity index (χ2v) is 4.50. The fourth-order valence-electron chi connectivity index (χ4n) is 1.97. The van der Waals surface area contributed by atoms with Gasteiger partial charge in [-0.3, -0.25) is 4.79 Å². The number of rotatable bonds is 4. The molecule has 92 valence electrons. The lowest BCUT2D eigenvalue weighted by atomic mass is 9.89. The van der Waals surface area contributed by atoms with Gasteiger partial charge < -0.3 is 0 Å². The van der Waals surface area contributed by atoms with Crippen molar-refractivity contribution in [2.75, 3.05) is 0 Å². The molecule has 1 nitrogen and oxygen atoms in total. The first-order valence-corrected chi connectivity index (χ1v) is 6.03. The van der Waals surface area contributed by atoms with Crippen molar-refractivity contribution in [1.29, 1.82) is 0 Å². The lowest BCUT2D eigenvalue weighted by molar-refractivity contribution is -0.111. The van der Waals surface area contributed by atoms with Gasteiger partial charge in [-0.15, -0.1) is 0 Å². The number of hydrogen-bond donors (Lipinski definition) is 0. The third-order valence-electron chi connectivity index (χ3n) is 2.84. The van der Waals surface area contributed by atoms with Crippen LogP contribution < -0.4 is 0 Å². The molecule has 0 heterocycles. The van der Waals surface area contributed by atoms with Gasteiger partial charge in [0.1, 0.15) is 5.82 Å². The lowest BCUT2D eigenvalue weighted by Gasteiger charge is -2.16. The Morgan fingerprint density at radius 3 is 2.11 bits per heavy atom. The molecule has 0 aliphatic heterocycles. The van der Waals surface area contributed by atoms with E-state index in [1.54, 1.807) is 12.1 Å². The Balaban J connectivity index is 2.36. The number of halogens is 2. The van der Waals surface area contributed by atoms with Crippen molar-refractivity contribution in [3.8, 4) is 0 Å². The van der Waals surface area contributed by atoms with E-state index >= 15 is 0 Å². The van der Waals surface area contributed by atoms with E-state index in [-0.39, 0.29) is 18.2 Å². The largest absolute Gasteiger partial charge is 0.281 e. The van der Waals surface area contributed by atoms with E-state index in [1.807, 2.05) is 30.3 Å². The van der Waals surface area contributed by atoms with Gasteiger partial charge in [-0.2, -0.15) is 0 Å². The minimum atomic E-state index is -0.395. The van der Waals surface area contributed by atoms with Crippen LogP contribution in [0.1, 0.15) is 23.5 Å². The van der Waals surface area contributed by atoms with Gasteiger partial charge in [0, 0.05) is 12.3 Å². The van der Waals surface area contributed by atoms with Crippen LogP contribution >= 0.6 is 11.6 Å². The molecule has 2 rings (SSSR count). The first kappa shape index (κ1) is 12.8. The van der Waals surface area contributed by atoms with Gasteiger partial charge in [-0.1, -0.05) is 42.5 Å². The van der Waals surface area contributed by atoms with Crippen LogP contribution in [0.3, 0.4) is 0 Å². The maximum atomic E-state index is 12.9. The third kappa shape index (κ3) is 3.17. The van der Waals surface area contributed by atoms with Crippen molar-refractivity contribution in [2.24, 2.45) is 0 Å². The van der Waals surface area contributed by atoms with Crippen molar-refractivity contribution in [3.63, 3.8) is 0 Å². The van der Waals surface area contributed by atoms with Gasteiger partial charge >= 0.3 is 0 Å². The summed E-state index contributed by atoms with van der Waals surface area (Å²) < 4.78 is 12.9. The minimum Gasteiger partial charge on any atom is -0.281 e. The van der Waals surface area contributed by atoms with Gasteiger partial charge in [-0.25, -0.2) is 4.39 Å². The SMILES string of the molecule is O=C(Cl)CC(c1ccccc1)c1ccc(F)cc1.